The van der Waals surface area contributed by atoms with Crippen LogP contribution in [0.3, 0.4) is 0 Å². The van der Waals surface area contributed by atoms with Crippen molar-refractivity contribution in [3.05, 3.63) is 77.9 Å². The summed E-state index contributed by atoms with van der Waals surface area (Å²) in [6, 6.07) is 15.4. The number of ether oxygens (including phenoxy) is 1. The van der Waals surface area contributed by atoms with Gasteiger partial charge < -0.3 is 26.6 Å². The van der Waals surface area contributed by atoms with Gasteiger partial charge in [0.25, 0.3) is 5.82 Å². The van der Waals surface area contributed by atoms with Crippen molar-refractivity contribution >= 4 is 17.7 Å². The number of carbonyl (C=O) groups excluding carboxylic acids is 1. The van der Waals surface area contributed by atoms with Crippen molar-refractivity contribution in [1.29, 1.82) is 0 Å². The second-order valence-corrected chi connectivity index (χ2v) is 6.92. The van der Waals surface area contributed by atoms with E-state index >= 15 is 0 Å². The molecule has 158 valence electrons. The second kappa shape index (κ2) is 10.7. The van der Waals surface area contributed by atoms with Crippen LogP contribution in [0.25, 0.3) is 0 Å². The summed E-state index contributed by atoms with van der Waals surface area (Å²) < 4.78 is 8.91. The number of ketones is 1. The number of hydrogen-bond donors (Lipinski definition) is 0. The highest BCUT2D eigenvalue weighted by atomic mass is 79.9. The highest BCUT2D eigenvalue weighted by molar-refractivity contribution is 5.95. The van der Waals surface area contributed by atoms with Gasteiger partial charge in [-0.2, -0.15) is 0 Å². The Morgan fingerprint density at radius 2 is 1.80 bits per heavy atom. The molecule has 30 heavy (non-hydrogen) atoms. The summed E-state index contributed by atoms with van der Waals surface area (Å²) in [6.45, 7) is 2.33. The monoisotopic (exact) mass is 470 g/mol. The van der Waals surface area contributed by atoms with Crippen LogP contribution in [0.1, 0.15) is 28.7 Å². The number of aromatic nitrogens is 2. The number of halogens is 1. The van der Waals surface area contributed by atoms with Crippen LogP contribution in [0.2, 0.25) is 0 Å². The summed E-state index contributed by atoms with van der Waals surface area (Å²) in [4.78, 5) is 14.7. The maximum Gasteiger partial charge on any atom is 0.282 e. The molecule has 0 bridgehead atoms. The average Bonchev–Trinajstić information content (AvgIpc) is 3.13. The van der Waals surface area contributed by atoms with Gasteiger partial charge in [0.05, 0.1) is 13.3 Å². The summed E-state index contributed by atoms with van der Waals surface area (Å²) >= 11 is 0. The molecule has 0 N–H and O–H groups in total. The first-order chi connectivity index (χ1) is 14.0. The summed E-state index contributed by atoms with van der Waals surface area (Å²) in [5, 5.41) is 4.57. The zero-order valence-corrected chi connectivity index (χ0v) is 19.3. The molecule has 0 spiro atoms. The first-order valence-electron chi connectivity index (χ1n) is 9.60. The highest BCUT2D eigenvalue weighted by Crippen LogP contribution is 2.13. The third kappa shape index (κ3) is 5.57. The van der Waals surface area contributed by atoms with Gasteiger partial charge in [-0.15, -0.1) is 4.68 Å². The Labute approximate surface area is 188 Å². The molecule has 0 aliphatic carbocycles. The van der Waals surface area contributed by atoms with Crippen molar-refractivity contribution in [3.63, 3.8) is 0 Å². The predicted molar refractivity (Wildman–Crippen MR) is 115 cm³/mol. The van der Waals surface area contributed by atoms with E-state index in [0.29, 0.717) is 5.56 Å². The molecule has 3 aromatic rings. The maximum atomic E-state index is 12.6. The minimum absolute atomic E-state index is 0. The van der Waals surface area contributed by atoms with Crippen LogP contribution in [0.4, 0.5) is 5.69 Å². The van der Waals surface area contributed by atoms with Gasteiger partial charge in [0.1, 0.15) is 11.9 Å². The van der Waals surface area contributed by atoms with E-state index in [2.05, 4.69) is 29.1 Å². The Balaban J connectivity index is 0.00000320. The Hall–Kier alpha value is -2.93. The van der Waals surface area contributed by atoms with E-state index < -0.39 is 0 Å². The van der Waals surface area contributed by atoms with Gasteiger partial charge in [-0.05, 0) is 42.0 Å². The molecular weight excluding hydrogens is 444 g/mol. The van der Waals surface area contributed by atoms with E-state index in [1.54, 1.807) is 31.4 Å². The van der Waals surface area contributed by atoms with Crippen molar-refractivity contribution in [1.82, 2.24) is 4.68 Å². The van der Waals surface area contributed by atoms with E-state index in [-0.39, 0.29) is 29.3 Å². The molecule has 0 saturated carbocycles. The lowest BCUT2D eigenvalue weighted by Gasteiger charge is -2.11. The maximum absolute atomic E-state index is 12.6. The van der Waals surface area contributed by atoms with E-state index in [0.717, 1.165) is 29.2 Å². The average molecular weight is 471 g/mol. The molecule has 2 aromatic carbocycles. The highest BCUT2D eigenvalue weighted by Gasteiger charge is 2.18. The van der Waals surface area contributed by atoms with Crippen LogP contribution in [-0.4, -0.2) is 37.9 Å². The fourth-order valence-corrected chi connectivity index (χ4v) is 3.07. The molecule has 7 heteroatoms. The second-order valence-electron chi connectivity index (χ2n) is 6.92. The normalized spacial score (nSPS) is 10.7. The van der Waals surface area contributed by atoms with Gasteiger partial charge in [0, 0.05) is 31.8 Å². The number of methoxy groups -OCH3 is 1. The summed E-state index contributed by atoms with van der Waals surface area (Å²) in [7, 11) is 5.64. The number of anilines is 1. The lowest BCUT2D eigenvalue weighted by Crippen LogP contribution is -3.00. The predicted octanol–water partition coefficient (Wildman–Crippen LogP) is 0.182. The number of imidazole rings is 1. The van der Waals surface area contributed by atoms with Crippen LogP contribution in [-0.2, 0) is 13.0 Å². The van der Waals surface area contributed by atoms with E-state index in [4.69, 9.17) is 4.74 Å². The molecule has 0 fully saturated rings. The summed E-state index contributed by atoms with van der Waals surface area (Å²) in [5.74, 6) is 1.75. The molecule has 0 aliphatic heterocycles. The van der Waals surface area contributed by atoms with E-state index in [1.807, 2.05) is 54.1 Å². The zero-order chi connectivity index (χ0) is 20.8. The lowest BCUT2D eigenvalue weighted by atomic mass is 10.1. The molecule has 0 amide bonds. The first kappa shape index (κ1) is 23.3. The van der Waals surface area contributed by atoms with Crippen LogP contribution in [0.15, 0.2) is 66.0 Å². The van der Waals surface area contributed by atoms with Gasteiger partial charge >= 0.3 is 0 Å². The summed E-state index contributed by atoms with van der Waals surface area (Å²) in [6.07, 6.45) is 6.37. The molecule has 3 rings (SSSR count). The molecular formula is C23H27BrN4O2. The van der Waals surface area contributed by atoms with Gasteiger partial charge in [-0.3, -0.25) is 4.79 Å². The number of Topliss-reactive ketones (excluding diaryl/α,β-unsaturated/α-hetero) is 1. The number of carbonyl (C=O) groups is 1. The molecule has 6 nitrogen and oxygen atoms in total. The Kier molecular flexibility index (Phi) is 8.35. The van der Waals surface area contributed by atoms with Crippen molar-refractivity contribution in [2.75, 3.05) is 26.1 Å². The topological polar surface area (TPSA) is 50.7 Å². The first-order valence-corrected chi connectivity index (χ1v) is 9.60. The van der Waals surface area contributed by atoms with E-state index in [1.165, 1.54) is 0 Å². The van der Waals surface area contributed by atoms with Crippen molar-refractivity contribution in [2.24, 2.45) is 5.10 Å². The van der Waals surface area contributed by atoms with E-state index in [9.17, 15) is 4.79 Å². The smallest absolute Gasteiger partial charge is 0.282 e. The molecule has 1 aromatic heterocycles. The van der Waals surface area contributed by atoms with Crippen molar-refractivity contribution in [3.8, 4) is 5.75 Å². The molecule has 0 aliphatic rings. The largest absolute Gasteiger partial charge is 1.00 e. The fraction of sp³-hybridized carbons (Fsp3) is 0.261. The molecule has 0 unspecified atom stereocenters. The molecule has 0 radical (unpaired) electrons. The third-order valence-corrected chi connectivity index (χ3v) is 4.77. The Morgan fingerprint density at radius 3 is 2.37 bits per heavy atom. The van der Waals surface area contributed by atoms with Gasteiger partial charge in [0.15, 0.2) is 12.7 Å². The molecule has 1 heterocycles. The van der Waals surface area contributed by atoms with Gasteiger partial charge in [-0.25, -0.2) is 4.57 Å². The molecule has 0 saturated heterocycles. The number of benzene rings is 2. The quantitative estimate of drug-likeness (QED) is 0.268. The van der Waals surface area contributed by atoms with Crippen molar-refractivity contribution < 1.29 is 31.1 Å². The number of hydrogen-bond acceptors (Lipinski definition) is 4. The van der Waals surface area contributed by atoms with Crippen LogP contribution >= 0.6 is 0 Å². The molecule has 0 atom stereocenters. The SMILES string of the molecule is CCc1n(/N=C/c2ccc(N(C)C)cc2)cc[n+]1CC(=O)c1ccc(OC)cc1.[Br-]. The lowest BCUT2D eigenvalue weighted by molar-refractivity contribution is -0.690. The minimum atomic E-state index is 0. The van der Waals surface area contributed by atoms with Crippen LogP contribution in [0, 0.1) is 0 Å². The fourth-order valence-electron chi connectivity index (χ4n) is 3.07. The standard InChI is InChI=1S/C23H27N4O2.BrH/c1-5-23-26(17-22(28)19-8-12-21(29-4)13-9-19)14-15-27(23)24-16-18-6-10-20(11-7-18)25(2)3;/h6-16H,5,17H2,1-4H3;1H/q+1;/p-1/b24-16+;. The van der Waals surface area contributed by atoms with Gasteiger partial charge in [0.2, 0.25) is 5.78 Å². The third-order valence-electron chi connectivity index (χ3n) is 4.77. The Bertz CT molecular complexity index is 993. The number of rotatable bonds is 8. The van der Waals surface area contributed by atoms with Crippen LogP contribution < -0.4 is 31.2 Å². The van der Waals surface area contributed by atoms with Crippen LogP contribution in [0.5, 0.6) is 5.75 Å². The number of nitrogens with zero attached hydrogens (tertiary/aromatic N) is 4. The summed E-state index contributed by atoms with van der Waals surface area (Å²) in [5.41, 5.74) is 2.83. The van der Waals surface area contributed by atoms with Crippen molar-refractivity contribution in [2.45, 2.75) is 19.9 Å². The Morgan fingerprint density at radius 1 is 1.13 bits per heavy atom. The zero-order valence-electron chi connectivity index (χ0n) is 17.7. The minimum Gasteiger partial charge on any atom is -1.00 e. The van der Waals surface area contributed by atoms with Gasteiger partial charge in [-0.1, -0.05) is 24.2 Å².